The van der Waals surface area contributed by atoms with Gasteiger partial charge in [-0.25, -0.2) is 13.2 Å². The highest BCUT2D eigenvalue weighted by Crippen LogP contribution is 2.30. The highest BCUT2D eigenvalue weighted by atomic mass is 35.5. The van der Waals surface area contributed by atoms with E-state index in [9.17, 15) is 32.7 Å². The quantitative estimate of drug-likeness (QED) is 0.241. The molecule has 11 nitrogen and oxygen atoms in total. The second kappa shape index (κ2) is 12.4. The highest BCUT2D eigenvalue weighted by Gasteiger charge is 2.38. The topological polar surface area (TPSA) is 146 Å². The van der Waals surface area contributed by atoms with Crippen molar-refractivity contribution in [3.05, 3.63) is 58.5 Å². The fraction of sp³-hybridized carbons (Fsp3) is 0.429. The van der Waals surface area contributed by atoms with E-state index >= 15 is 0 Å². The van der Waals surface area contributed by atoms with Crippen molar-refractivity contribution >= 4 is 45.9 Å². The van der Waals surface area contributed by atoms with Crippen molar-refractivity contribution in [1.82, 2.24) is 24.9 Å². The lowest BCUT2D eigenvalue weighted by atomic mass is 10.1. The number of primary amides is 1. The Kier molecular flexibility index (Phi) is 8.81. The minimum atomic E-state index is -2.91. The third-order valence-electron chi connectivity index (χ3n) is 7.46. The summed E-state index contributed by atoms with van der Waals surface area (Å²) in [7, 11) is 0. The monoisotopic (exact) mass is 621 g/mol. The number of halogens is 4. The van der Waals surface area contributed by atoms with Crippen LogP contribution in [0.1, 0.15) is 41.7 Å². The summed E-state index contributed by atoms with van der Waals surface area (Å²) in [4.78, 5) is 40.9. The maximum atomic E-state index is 14.2. The molecule has 43 heavy (non-hydrogen) atoms. The Morgan fingerprint density at radius 2 is 2.00 bits per heavy atom. The minimum Gasteiger partial charge on any atom is -0.364 e. The van der Waals surface area contributed by atoms with Crippen molar-refractivity contribution in [3.8, 4) is 0 Å². The van der Waals surface area contributed by atoms with Crippen LogP contribution in [0.15, 0.2) is 36.4 Å². The summed E-state index contributed by atoms with van der Waals surface area (Å²) in [6.45, 7) is -1.03. The Balaban J connectivity index is 1.30. The number of hydrogen-bond acceptors (Lipinski definition) is 7. The van der Waals surface area contributed by atoms with E-state index in [0.717, 1.165) is 0 Å². The number of hydrogen-bond donors (Lipinski definition) is 4. The predicted molar refractivity (Wildman–Crippen MR) is 152 cm³/mol. The molecule has 0 bridgehead atoms. The van der Waals surface area contributed by atoms with Gasteiger partial charge in [0.2, 0.25) is 11.8 Å². The van der Waals surface area contributed by atoms with Crippen LogP contribution in [0, 0.1) is 5.82 Å². The number of anilines is 1. The number of fused-ring (bicyclic) bond motifs is 1. The molecular formula is C28H31ClF3N7O4. The van der Waals surface area contributed by atoms with E-state index in [-0.39, 0.29) is 61.3 Å². The van der Waals surface area contributed by atoms with Gasteiger partial charge in [0.1, 0.15) is 12.4 Å². The lowest BCUT2D eigenvalue weighted by Crippen LogP contribution is -2.50. The molecule has 2 fully saturated rings. The molecule has 1 unspecified atom stereocenters. The summed E-state index contributed by atoms with van der Waals surface area (Å²) in [6.07, 6.45) is -0.00697. The first kappa shape index (κ1) is 30.6. The van der Waals surface area contributed by atoms with Crippen LogP contribution in [0.3, 0.4) is 0 Å². The first-order chi connectivity index (χ1) is 20.4. The summed E-state index contributed by atoms with van der Waals surface area (Å²) in [5.41, 5.74) is 6.32. The van der Waals surface area contributed by atoms with E-state index < -0.39 is 42.4 Å². The molecule has 3 amide bonds. The van der Waals surface area contributed by atoms with E-state index in [1.54, 1.807) is 6.07 Å². The molecule has 5 rings (SSSR count). The summed E-state index contributed by atoms with van der Waals surface area (Å²) >= 11 is 5.80. The van der Waals surface area contributed by atoms with Gasteiger partial charge in [-0.05, 0) is 43.5 Å². The van der Waals surface area contributed by atoms with E-state index in [1.165, 1.54) is 44.8 Å². The summed E-state index contributed by atoms with van der Waals surface area (Å²) in [5.74, 6) is -5.30. The van der Waals surface area contributed by atoms with Crippen LogP contribution in [-0.4, -0.2) is 80.4 Å². The van der Waals surface area contributed by atoms with Gasteiger partial charge in [-0.15, -0.1) is 0 Å². The van der Waals surface area contributed by atoms with E-state index in [1.807, 2.05) is 0 Å². The lowest BCUT2D eigenvalue weighted by molar-refractivity contribution is -0.137. The standard InChI is InChI=1S/C28H31ClF3N7O4/c29-20-4-1-3-16(24(20)30)12-34-22(40)13-38(18-6-7-18)23(41)14-39-21-11-17(5-8-19(21)25(36-39)26(33)42)35-27(43)37-10-2-9-28(31,32)15-37/h1,3-5,8,11,18,27,35,43H,2,6-7,9-10,12-15H2,(H2,33,42)(H,34,40). The van der Waals surface area contributed by atoms with Crippen molar-refractivity contribution in [2.24, 2.45) is 5.73 Å². The van der Waals surface area contributed by atoms with Crippen molar-refractivity contribution in [2.75, 3.05) is 25.0 Å². The molecule has 1 atom stereocenters. The zero-order valence-electron chi connectivity index (χ0n) is 23.0. The number of benzene rings is 2. The number of piperidine rings is 1. The van der Waals surface area contributed by atoms with Crippen molar-refractivity contribution < 1.29 is 32.7 Å². The molecule has 1 aliphatic carbocycles. The summed E-state index contributed by atoms with van der Waals surface area (Å²) in [5, 5.41) is 20.5. The zero-order valence-corrected chi connectivity index (χ0v) is 23.8. The van der Waals surface area contributed by atoms with Crippen LogP contribution >= 0.6 is 11.6 Å². The van der Waals surface area contributed by atoms with Gasteiger partial charge < -0.3 is 26.4 Å². The number of rotatable bonds is 11. The molecule has 0 radical (unpaired) electrons. The van der Waals surface area contributed by atoms with Gasteiger partial charge >= 0.3 is 0 Å². The number of alkyl halides is 2. The van der Waals surface area contributed by atoms with Crippen LogP contribution in [0.25, 0.3) is 10.9 Å². The normalized spacial score (nSPS) is 17.4. The van der Waals surface area contributed by atoms with Gasteiger partial charge in [0, 0.05) is 42.2 Å². The van der Waals surface area contributed by atoms with Gasteiger partial charge in [-0.2, -0.15) is 5.10 Å². The fourth-order valence-electron chi connectivity index (χ4n) is 5.13. The Hall–Kier alpha value is -3.88. The molecule has 2 heterocycles. The van der Waals surface area contributed by atoms with Crippen LogP contribution in [0.5, 0.6) is 0 Å². The molecule has 15 heteroatoms. The molecule has 0 spiro atoms. The Morgan fingerprint density at radius 1 is 1.23 bits per heavy atom. The van der Waals surface area contributed by atoms with Crippen LogP contribution in [0.2, 0.25) is 5.02 Å². The fourth-order valence-corrected chi connectivity index (χ4v) is 5.32. The van der Waals surface area contributed by atoms with E-state index in [4.69, 9.17) is 17.3 Å². The lowest BCUT2D eigenvalue weighted by Gasteiger charge is -2.35. The minimum absolute atomic E-state index is 0.0655. The molecule has 1 saturated carbocycles. The van der Waals surface area contributed by atoms with Crippen molar-refractivity contribution in [3.63, 3.8) is 0 Å². The number of amides is 3. The van der Waals surface area contributed by atoms with Gasteiger partial charge in [0.05, 0.1) is 23.6 Å². The van der Waals surface area contributed by atoms with Crippen LogP contribution in [-0.2, 0) is 22.7 Å². The smallest absolute Gasteiger partial charge is 0.269 e. The molecule has 230 valence electrons. The molecule has 2 aliphatic rings. The largest absolute Gasteiger partial charge is 0.364 e. The average molecular weight is 622 g/mol. The van der Waals surface area contributed by atoms with E-state index in [2.05, 4.69) is 15.7 Å². The van der Waals surface area contributed by atoms with Crippen molar-refractivity contribution in [2.45, 2.75) is 57.1 Å². The summed E-state index contributed by atoms with van der Waals surface area (Å²) < 4.78 is 43.2. The van der Waals surface area contributed by atoms with E-state index in [0.29, 0.717) is 29.4 Å². The SMILES string of the molecule is NC(=O)c1nn(CC(=O)N(CC(=O)NCc2cccc(Cl)c2F)C2CC2)c2cc(NC(O)N3CCCC(F)(F)C3)ccc12. The van der Waals surface area contributed by atoms with Gasteiger partial charge in [0.15, 0.2) is 12.0 Å². The Labute approximate surface area is 249 Å². The van der Waals surface area contributed by atoms with Gasteiger partial charge in [0.25, 0.3) is 11.8 Å². The van der Waals surface area contributed by atoms with Crippen LogP contribution < -0.4 is 16.4 Å². The number of nitrogens with zero attached hydrogens (tertiary/aromatic N) is 4. The third-order valence-corrected chi connectivity index (χ3v) is 7.76. The molecule has 1 aromatic heterocycles. The number of aliphatic hydroxyl groups excluding tert-OH is 1. The molecule has 2 aromatic carbocycles. The molecule has 1 saturated heterocycles. The molecule has 3 aromatic rings. The number of aromatic nitrogens is 2. The third kappa shape index (κ3) is 7.20. The number of aliphatic hydroxyl groups is 1. The first-order valence-electron chi connectivity index (χ1n) is 13.8. The Bertz CT molecular complexity index is 1550. The second-order valence-electron chi connectivity index (χ2n) is 10.8. The Morgan fingerprint density at radius 3 is 2.70 bits per heavy atom. The number of likely N-dealkylation sites (tertiary alicyclic amines) is 1. The number of nitrogens with one attached hydrogen (secondary N) is 2. The highest BCUT2D eigenvalue weighted by molar-refractivity contribution is 6.30. The maximum absolute atomic E-state index is 14.2. The van der Waals surface area contributed by atoms with Gasteiger partial charge in [-0.3, -0.25) is 24.0 Å². The zero-order chi connectivity index (χ0) is 30.9. The number of nitrogens with two attached hydrogens (primary N) is 1. The number of carbonyl (C=O) groups excluding carboxylic acids is 3. The molecule has 1 aliphatic heterocycles. The van der Waals surface area contributed by atoms with Crippen molar-refractivity contribution in [1.29, 1.82) is 0 Å². The number of carbonyl (C=O) groups is 3. The second-order valence-corrected chi connectivity index (χ2v) is 11.2. The molecular weight excluding hydrogens is 591 g/mol. The first-order valence-corrected chi connectivity index (χ1v) is 14.2. The summed E-state index contributed by atoms with van der Waals surface area (Å²) in [6, 6.07) is 8.90. The maximum Gasteiger partial charge on any atom is 0.269 e. The van der Waals surface area contributed by atoms with Crippen LogP contribution in [0.4, 0.5) is 18.9 Å². The predicted octanol–water partition coefficient (Wildman–Crippen LogP) is 2.65. The average Bonchev–Trinajstić information content (AvgIpc) is 3.73. The molecule has 5 N–H and O–H groups in total. The van der Waals surface area contributed by atoms with Gasteiger partial charge in [-0.1, -0.05) is 23.7 Å².